The maximum atomic E-state index is 6.49. The lowest BCUT2D eigenvalue weighted by molar-refractivity contribution is 0.0312. The van der Waals surface area contributed by atoms with Gasteiger partial charge in [-0.15, -0.1) is 0 Å². The van der Waals surface area contributed by atoms with Gasteiger partial charge in [-0.2, -0.15) is 12.6 Å². The van der Waals surface area contributed by atoms with Crippen LogP contribution < -0.4 is 0 Å². The van der Waals surface area contributed by atoms with Crippen LogP contribution in [0.1, 0.15) is 88.0 Å². The molecule has 0 aromatic rings. The zero-order valence-corrected chi connectivity index (χ0v) is 35.9. The van der Waals surface area contributed by atoms with E-state index in [4.69, 9.17) is 39.8 Å². The minimum Gasteiger partial charge on any atom is -0.374 e. The van der Waals surface area contributed by atoms with Crippen LogP contribution in [0.4, 0.5) is 0 Å². The topological polar surface area (TPSA) is 83.1 Å². The summed E-state index contributed by atoms with van der Waals surface area (Å²) in [6.07, 6.45) is 3.73. The van der Waals surface area contributed by atoms with Crippen LogP contribution in [0, 0.1) is 0 Å². The second-order valence-corrected chi connectivity index (χ2v) is 24.8. The first kappa shape index (κ1) is 46.0. The van der Waals surface area contributed by atoms with Gasteiger partial charge in [0, 0.05) is 76.5 Å². The minimum absolute atomic E-state index is 0.251. The number of hydrogen-bond acceptors (Lipinski definition) is 14. The Hall–Kier alpha value is 2.04. The minimum atomic E-state index is -3.28. The summed E-state index contributed by atoms with van der Waals surface area (Å²) >= 11 is 4.53. The molecule has 266 valence electrons. The van der Waals surface area contributed by atoms with E-state index >= 15 is 0 Å². The van der Waals surface area contributed by atoms with Crippen molar-refractivity contribution in [3.8, 4) is 0 Å². The van der Waals surface area contributed by atoms with Crippen molar-refractivity contribution in [2.45, 2.75) is 104 Å². The van der Waals surface area contributed by atoms with Gasteiger partial charge in [-0.05, 0) is 113 Å². The number of rotatable bonds is 33. The molecule has 0 aliphatic heterocycles. The van der Waals surface area contributed by atoms with Gasteiger partial charge >= 0.3 is 26.4 Å². The lowest BCUT2D eigenvalue weighted by Gasteiger charge is -2.43. The van der Waals surface area contributed by atoms with Crippen LogP contribution >= 0.6 is 53.9 Å². The van der Waals surface area contributed by atoms with Gasteiger partial charge in [0.1, 0.15) is 5.16 Å². The van der Waals surface area contributed by atoms with E-state index in [-0.39, 0.29) is 10.4 Å². The van der Waals surface area contributed by atoms with Gasteiger partial charge in [0.2, 0.25) is 0 Å². The monoisotopic (exact) mass is 774 g/mol. The highest BCUT2D eigenvalue weighted by Crippen LogP contribution is 2.50. The summed E-state index contributed by atoms with van der Waals surface area (Å²) in [5, 5.41) is 0.0276. The molecule has 0 fully saturated rings. The van der Waals surface area contributed by atoms with Crippen molar-refractivity contribution in [3.05, 3.63) is 0 Å². The Kier molecular flexibility index (Phi) is 30.2. The molecule has 0 aromatic heterocycles. The molecule has 44 heavy (non-hydrogen) atoms. The van der Waals surface area contributed by atoms with Gasteiger partial charge in [0.25, 0.3) is 0 Å². The fourth-order valence-corrected chi connectivity index (χ4v) is 23.6. The average molecular weight is 775 g/mol. The Morgan fingerprint density at radius 2 is 0.955 bits per heavy atom. The second-order valence-electron chi connectivity index (χ2n) is 9.22. The van der Waals surface area contributed by atoms with E-state index in [0.29, 0.717) is 59.5 Å². The molecule has 1 atom stereocenters. The fraction of sp³-hybridized carbons (Fsp3) is 1.00. The van der Waals surface area contributed by atoms with Crippen molar-refractivity contribution in [1.29, 1.82) is 0 Å². The summed E-state index contributed by atoms with van der Waals surface area (Å²) in [7, 11) is -1.77. The third kappa shape index (κ3) is 17.1. The van der Waals surface area contributed by atoms with Gasteiger partial charge in [0.05, 0.1) is 0 Å². The summed E-state index contributed by atoms with van der Waals surface area (Å²) in [4.78, 5) is 0. The van der Waals surface area contributed by atoms with E-state index in [1.807, 2.05) is 104 Å². The molecule has 0 aliphatic rings. The van der Waals surface area contributed by atoms with Crippen LogP contribution in [0.5, 0.6) is 0 Å². The van der Waals surface area contributed by atoms with Gasteiger partial charge in [-0.25, -0.2) is 0 Å². The Bertz CT molecular complexity index is 591. The van der Waals surface area contributed by atoms with E-state index in [1.54, 1.807) is 0 Å². The molecule has 1 unspecified atom stereocenters. The van der Waals surface area contributed by atoms with Crippen molar-refractivity contribution in [3.63, 3.8) is 0 Å². The van der Waals surface area contributed by atoms with E-state index < -0.39 is 26.4 Å². The highest BCUT2D eigenvalue weighted by molar-refractivity contribution is 9.26. The van der Waals surface area contributed by atoms with Crippen LogP contribution in [-0.4, -0.2) is 103 Å². The second kappa shape index (κ2) is 28.8. The molecule has 0 rings (SSSR count). The van der Waals surface area contributed by atoms with Crippen molar-refractivity contribution < 1.29 is 39.8 Å². The van der Waals surface area contributed by atoms with Crippen LogP contribution in [-0.2, 0) is 39.8 Å². The van der Waals surface area contributed by atoms with Crippen molar-refractivity contribution in [2.75, 3.05) is 71.0 Å². The predicted molar refractivity (Wildman–Crippen MR) is 202 cm³/mol. The summed E-state index contributed by atoms with van der Waals surface area (Å²) in [6, 6.07) is 0.831. The average Bonchev–Trinajstić information content (AvgIpc) is 2.98. The van der Waals surface area contributed by atoms with Crippen molar-refractivity contribution in [1.82, 2.24) is 0 Å². The molecule has 0 N–H and O–H groups in total. The molecule has 0 radical (unpaired) electrons. The van der Waals surface area contributed by atoms with Crippen LogP contribution in [0.2, 0.25) is 11.2 Å². The third-order valence-electron chi connectivity index (χ3n) is 6.16. The Balaban J connectivity index is 5.83. The third-order valence-corrected chi connectivity index (χ3v) is 25.0. The molecule has 0 heterocycles. The molecular formula is C27H62O9S5Si3. The summed E-state index contributed by atoms with van der Waals surface area (Å²) < 4.78 is 57.0. The number of hydrogen-bond donors (Lipinski definition) is 1. The number of thiol groups is 1. The lowest BCUT2D eigenvalue weighted by atomic mass is 10.2. The zero-order chi connectivity index (χ0) is 33.2. The Morgan fingerprint density at radius 3 is 1.32 bits per heavy atom. The van der Waals surface area contributed by atoms with Crippen LogP contribution in [0.3, 0.4) is 0 Å². The smallest absolute Gasteiger partial charge is 0.374 e. The first-order chi connectivity index (χ1) is 21.3. The Morgan fingerprint density at radius 1 is 0.545 bits per heavy atom. The zero-order valence-electron chi connectivity index (χ0n) is 28.7. The van der Waals surface area contributed by atoms with Gasteiger partial charge in [0.15, 0.2) is 0 Å². The Labute approximate surface area is 293 Å². The molecular weight excluding hydrogens is 713 g/mol. The summed E-state index contributed by atoms with van der Waals surface area (Å²) in [6.45, 7) is 22.6. The highest BCUT2D eigenvalue weighted by Gasteiger charge is 2.66. The quantitative estimate of drug-likeness (QED) is 0.0300. The summed E-state index contributed by atoms with van der Waals surface area (Å²) in [5.74, 6) is 1.82. The van der Waals surface area contributed by atoms with E-state index in [2.05, 4.69) is 12.6 Å². The van der Waals surface area contributed by atoms with Crippen molar-refractivity contribution >= 4 is 80.3 Å². The maximum absolute atomic E-state index is 6.49. The van der Waals surface area contributed by atoms with Gasteiger partial charge in [-0.3, -0.25) is 0 Å². The lowest BCUT2D eigenvalue weighted by Crippen LogP contribution is -2.64. The molecule has 9 nitrogen and oxygen atoms in total. The molecule has 0 bridgehead atoms. The van der Waals surface area contributed by atoms with Crippen molar-refractivity contribution in [2.24, 2.45) is 0 Å². The van der Waals surface area contributed by atoms with E-state index in [1.165, 1.54) is 0 Å². The van der Waals surface area contributed by atoms with E-state index in [0.717, 1.165) is 43.2 Å². The molecule has 0 saturated heterocycles. The first-order valence-electron chi connectivity index (χ1n) is 16.3. The molecule has 0 spiro atoms. The fourth-order valence-electron chi connectivity index (χ4n) is 4.83. The van der Waals surface area contributed by atoms with Gasteiger partial charge < -0.3 is 39.8 Å². The normalized spacial score (nSPS) is 13.7. The standard InChI is InChI=1S/C27H62O9S5Si3/c1-10-28-42(29-11-2,30-12-3)24-20-23-38-40-41-39-26(21-19-22-37)25-27(43(31-13-4,32-14-5)33-15-6)44(34-16-7,35-17-8)36-18-9/h26-27,37H,10-25H2,1-9H3. The van der Waals surface area contributed by atoms with Crippen LogP contribution in [0.25, 0.3) is 0 Å². The molecule has 0 saturated carbocycles. The largest absolute Gasteiger partial charge is 0.508 e. The molecule has 0 amide bonds. The van der Waals surface area contributed by atoms with Gasteiger partial charge in [-0.1, -0.05) is 21.6 Å². The maximum Gasteiger partial charge on any atom is 0.508 e. The summed E-state index contributed by atoms with van der Waals surface area (Å²) in [5.41, 5.74) is 0. The molecule has 17 heteroatoms. The predicted octanol–water partition coefficient (Wildman–Crippen LogP) is 8.58. The SMILES string of the molecule is CCO[Si](CCCSSSSC(CCCS)CC([Si](OCC)(OCC)OCC)[Si](OCC)(OCC)OCC)(OCC)OCC. The highest BCUT2D eigenvalue weighted by atomic mass is 33.7. The van der Waals surface area contributed by atoms with Crippen LogP contribution in [0.15, 0.2) is 0 Å². The molecule has 0 aliphatic carbocycles. The molecule has 0 aromatic carbocycles. The van der Waals surface area contributed by atoms with E-state index in [9.17, 15) is 0 Å². The first-order valence-corrected chi connectivity index (χ1v) is 27.5.